The molecule has 2 fully saturated rings. The number of hydrogen-bond acceptors (Lipinski definition) is 4. The van der Waals surface area contributed by atoms with Gasteiger partial charge in [-0.3, -0.25) is 4.79 Å². The number of rotatable bonds is 6. The molecule has 0 aromatic heterocycles. The van der Waals surface area contributed by atoms with Crippen molar-refractivity contribution in [3.8, 4) is 0 Å². The minimum absolute atomic E-state index is 0.143. The molecule has 0 radical (unpaired) electrons. The first-order valence-corrected chi connectivity index (χ1v) is 8.50. The van der Waals surface area contributed by atoms with E-state index in [9.17, 15) is 4.79 Å². The van der Waals surface area contributed by atoms with Gasteiger partial charge in [0, 0.05) is 18.1 Å². The Morgan fingerprint density at radius 1 is 1.29 bits per heavy atom. The van der Waals surface area contributed by atoms with Gasteiger partial charge in [-0.1, -0.05) is 33.1 Å². The van der Waals surface area contributed by atoms with Crippen LogP contribution < -0.4 is 5.32 Å². The summed E-state index contributed by atoms with van der Waals surface area (Å²) in [5, 5.41) is 3.60. The normalized spacial score (nSPS) is 29.2. The fourth-order valence-corrected chi connectivity index (χ4v) is 4.17. The highest BCUT2D eigenvalue weighted by atomic mass is 16.5. The molecule has 0 heterocycles. The summed E-state index contributed by atoms with van der Waals surface area (Å²) in [4.78, 5) is 12.0. The zero-order valence-corrected chi connectivity index (χ0v) is 14.0. The van der Waals surface area contributed by atoms with E-state index in [0.717, 1.165) is 13.0 Å². The maximum atomic E-state index is 12.0. The highest BCUT2D eigenvalue weighted by Gasteiger charge is 2.56. The molecule has 122 valence electrons. The molecule has 0 saturated heterocycles. The van der Waals surface area contributed by atoms with Crippen LogP contribution in [0.2, 0.25) is 0 Å². The summed E-state index contributed by atoms with van der Waals surface area (Å²) in [7, 11) is 1.47. The summed E-state index contributed by atoms with van der Waals surface area (Å²) in [5.74, 6) is 0.0973. The molecular formula is C17H31NO3. The monoisotopic (exact) mass is 297 g/mol. The van der Waals surface area contributed by atoms with Crippen LogP contribution in [0.4, 0.5) is 0 Å². The smallest absolute Gasteiger partial charge is 0.323 e. The Morgan fingerprint density at radius 2 is 1.95 bits per heavy atom. The lowest BCUT2D eigenvalue weighted by Crippen LogP contribution is -2.67. The molecule has 21 heavy (non-hydrogen) atoms. The van der Waals surface area contributed by atoms with E-state index >= 15 is 0 Å². The molecule has 2 saturated carbocycles. The maximum absolute atomic E-state index is 12.0. The molecule has 0 aliphatic heterocycles. The van der Waals surface area contributed by atoms with E-state index < -0.39 is 0 Å². The Hall–Kier alpha value is -0.610. The molecule has 0 aromatic rings. The predicted molar refractivity (Wildman–Crippen MR) is 83.1 cm³/mol. The third-order valence-electron chi connectivity index (χ3n) is 5.44. The van der Waals surface area contributed by atoms with Crippen LogP contribution in [0.1, 0.15) is 59.3 Å². The SMILES string of the molecule is CCOC1CC(NC(C(=O)OC)C(C)C)C12CCCCC2. The van der Waals surface area contributed by atoms with Crippen molar-refractivity contribution in [1.29, 1.82) is 0 Å². The van der Waals surface area contributed by atoms with Crippen LogP contribution >= 0.6 is 0 Å². The summed E-state index contributed by atoms with van der Waals surface area (Å²) < 4.78 is 10.9. The molecule has 4 nitrogen and oxygen atoms in total. The van der Waals surface area contributed by atoms with Crippen LogP contribution in [-0.2, 0) is 14.3 Å². The molecule has 4 heteroatoms. The van der Waals surface area contributed by atoms with Crippen molar-refractivity contribution in [1.82, 2.24) is 5.32 Å². The van der Waals surface area contributed by atoms with Crippen LogP contribution in [0.15, 0.2) is 0 Å². The Bertz CT molecular complexity index is 350. The average molecular weight is 297 g/mol. The second kappa shape index (κ2) is 7.10. The lowest BCUT2D eigenvalue weighted by atomic mass is 9.55. The summed E-state index contributed by atoms with van der Waals surface area (Å²) in [6.07, 6.45) is 7.73. The van der Waals surface area contributed by atoms with E-state index in [-0.39, 0.29) is 23.3 Å². The van der Waals surface area contributed by atoms with Crippen molar-refractivity contribution in [3.05, 3.63) is 0 Å². The molecule has 3 unspecified atom stereocenters. The predicted octanol–water partition coefficient (Wildman–Crippen LogP) is 2.90. The fourth-order valence-electron chi connectivity index (χ4n) is 4.17. The number of nitrogens with one attached hydrogen (secondary N) is 1. The van der Waals surface area contributed by atoms with Crippen molar-refractivity contribution in [2.45, 2.75) is 77.5 Å². The summed E-state index contributed by atoms with van der Waals surface area (Å²) in [5.41, 5.74) is 0.245. The number of carbonyl (C=O) groups excluding carboxylic acids is 1. The Labute approximate surface area is 129 Å². The van der Waals surface area contributed by atoms with Gasteiger partial charge in [-0.25, -0.2) is 0 Å². The maximum Gasteiger partial charge on any atom is 0.323 e. The van der Waals surface area contributed by atoms with Gasteiger partial charge in [0.05, 0.1) is 13.2 Å². The first kappa shape index (κ1) is 16.8. The summed E-state index contributed by atoms with van der Waals surface area (Å²) in [6, 6.07) is 0.183. The van der Waals surface area contributed by atoms with E-state index in [4.69, 9.17) is 9.47 Å². The van der Waals surface area contributed by atoms with E-state index in [1.807, 2.05) is 0 Å². The number of methoxy groups -OCH3 is 1. The lowest BCUT2D eigenvalue weighted by molar-refractivity contribution is -0.161. The van der Waals surface area contributed by atoms with Crippen LogP contribution in [0.5, 0.6) is 0 Å². The summed E-state index contributed by atoms with van der Waals surface area (Å²) >= 11 is 0. The van der Waals surface area contributed by atoms with E-state index in [2.05, 4.69) is 26.1 Å². The molecular weight excluding hydrogens is 266 g/mol. The lowest BCUT2D eigenvalue weighted by Gasteiger charge is -2.58. The van der Waals surface area contributed by atoms with Gasteiger partial charge in [0.1, 0.15) is 6.04 Å². The van der Waals surface area contributed by atoms with Crippen molar-refractivity contribution in [2.24, 2.45) is 11.3 Å². The quantitative estimate of drug-likeness (QED) is 0.766. The Balaban J connectivity index is 2.06. The van der Waals surface area contributed by atoms with Gasteiger partial charge in [-0.15, -0.1) is 0 Å². The Kier molecular flexibility index (Phi) is 5.67. The topological polar surface area (TPSA) is 47.6 Å². The van der Waals surface area contributed by atoms with E-state index in [1.165, 1.54) is 39.2 Å². The van der Waals surface area contributed by atoms with Crippen molar-refractivity contribution < 1.29 is 14.3 Å². The van der Waals surface area contributed by atoms with Gasteiger partial charge < -0.3 is 14.8 Å². The molecule has 0 amide bonds. The van der Waals surface area contributed by atoms with E-state index in [1.54, 1.807) is 0 Å². The average Bonchev–Trinajstić information content (AvgIpc) is 2.50. The molecule has 1 N–H and O–H groups in total. The first-order valence-electron chi connectivity index (χ1n) is 8.50. The summed E-state index contributed by atoms with van der Waals surface area (Å²) in [6.45, 7) is 6.99. The van der Waals surface area contributed by atoms with Crippen LogP contribution in [0, 0.1) is 11.3 Å². The van der Waals surface area contributed by atoms with Crippen molar-refractivity contribution in [3.63, 3.8) is 0 Å². The first-order chi connectivity index (χ1) is 10.0. The van der Waals surface area contributed by atoms with Crippen LogP contribution in [-0.4, -0.2) is 37.9 Å². The highest BCUT2D eigenvalue weighted by molar-refractivity contribution is 5.76. The molecule has 2 aliphatic rings. The third-order valence-corrected chi connectivity index (χ3v) is 5.44. The van der Waals surface area contributed by atoms with Gasteiger partial charge in [0.25, 0.3) is 0 Å². The number of carbonyl (C=O) groups is 1. The molecule has 1 spiro atoms. The molecule has 3 atom stereocenters. The standard InChI is InChI=1S/C17H31NO3/c1-5-21-14-11-13(17(14)9-7-6-8-10-17)18-15(12(2)3)16(19)20-4/h12-15,18H,5-11H2,1-4H3. The highest BCUT2D eigenvalue weighted by Crippen LogP contribution is 2.53. The second-order valence-corrected chi connectivity index (χ2v) is 6.94. The van der Waals surface area contributed by atoms with Gasteiger partial charge in [-0.2, -0.15) is 0 Å². The Morgan fingerprint density at radius 3 is 2.48 bits per heavy atom. The minimum Gasteiger partial charge on any atom is -0.468 e. The van der Waals surface area contributed by atoms with Crippen LogP contribution in [0.3, 0.4) is 0 Å². The third kappa shape index (κ3) is 3.26. The minimum atomic E-state index is -0.207. The van der Waals surface area contributed by atoms with Gasteiger partial charge in [-0.05, 0) is 32.1 Å². The van der Waals surface area contributed by atoms with Gasteiger partial charge in [0.2, 0.25) is 0 Å². The van der Waals surface area contributed by atoms with Crippen LogP contribution in [0.25, 0.3) is 0 Å². The van der Waals surface area contributed by atoms with Gasteiger partial charge >= 0.3 is 5.97 Å². The zero-order chi connectivity index (χ0) is 15.5. The fraction of sp³-hybridized carbons (Fsp3) is 0.941. The molecule has 0 bridgehead atoms. The number of esters is 1. The second-order valence-electron chi connectivity index (χ2n) is 6.94. The molecule has 2 aliphatic carbocycles. The largest absolute Gasteiger partial charge is 0.468 e. The van der Waals surface area contributed by atoms with Crippen molar-refractivity contribution >= 4 is 5.97 Å². The number of ether oxygens (including phenoxy) is 2. The molecule has 0 aromatic carbocycles. The van der Waals surface area contributed by atoms with E-state index in [0.29, 0.717) is 12.1 Å². The van der Waals surface area contributed by atoms with Crippen molar-refractivity contribution in [2.75, 3.05) is 13.7 Å². The number of hydrogen-bond donors (Lipinski definition) is 1. The van der Waals surface area contributed by atoms with Gasteiger partial charge in [0.15, 0.2) is 0 Å². The molecule has 2 rings (SSSR count). The zero-order valence-electron chi connectivity index (χ0n) is 14.0.